The molecule has 0 aromatic heterocycles. The third kappa shape index (κ3) is 8.01. The topological polar surface area (TPSA) is 52.6 Å². The van der Waals surface area contributed by atoms with E-state index in [2.05, 4.69) is 5.32 Å². The van der Waals surface area contributed by atoms with E-state index in [9.17, 15) is 9.90 Å². The van der Waals surface area contributed by atoms with Crippen molar-refractivity contribution >= 4 is 5.91 Å². The van der Waals surface area contributed by atoms with E-state index < -0.39 is 6.10 Å². The van der Waals surface area contributed by atoms with Crippen LogP contribution in [-0.4, -0.2) is 49.2 Å². The summed E-state index contributed by atoms with van der Waals surface area (Å²) >= 11 is 0. The van der Waals surface area contributed by atoms with Gasteiger partial charge >= 0.3 is 0 Å². The number of carbonyl (C=O) groups is 1. The van der Waals surface area contributed by atoms with Crippen molar-refractivity contribution in [3.05, 3.63) is 0 Å². The van der Waals surface area contributed by atoms with E-state index >= 15 is 0 Å². The van der Waals surface area contributed by atoms with Gasteiger partial charge < -0.3 is 15.3 Å². The molecular weight excluding hydrogens is 180 g/mol. The highest BCUT2D eigenvalue weighted by atomic mass is 16.3. The summed E-state index contributed by atoms with van der Waals surface area (Å²) in [5.41, 5.74) is 0. The first-order valence-electron chi connectivity index (χ1n) is 5.01. The maximum absolute atomic E-state index is 11.2. The van der Waals surface area contributed by atoms with Gasteiger partial charge in [0.05, 0.1) is 6.10 Å². The minimum atomic E-state index is -0.485. The predicted molar refractivity (Wildman–Crippen MR) is 57.0 cm³/mol. The number of carbonyl (C=O) groups excluding carboxylic acids is 1. The lowest BCUT2D eigenvalue weighted by Gasteiger charge is -2.16. The van der Waals surface area contributed by atoms with Crippen LogP contribution in [0, 0.1) is 5.92 Å². The van der Waals surface area contributed by atoms with Crippen molar-refractivity contribution in [2.75, 3.05) is 27.2 Å². The Hall–Kier alpha value is -0.610. The van der Waals surface area contributed by atoms with Crippen LogP contribution in [0.25, 0.3) is 0 Å². The zero-order chi connectivity index (χ0) is 11.1. The standard InChI is InChI=1S/C10H22N2O2/c1-8(2)5-10(14)11-6-9(13)7-12(3)4/h8-9,13H,5-7H2,1-4H3,(H,11,14). The largest absolute Gasteiger partial charge is 0.390 e. The Morgan fingerprint density at radius 2 is 2.00 bits per heavy atom. The summed E-state index contributed by atoms with van der Waals surface area (Å²) < 4.78 is 0. The van der Waals surface area contributed by atoms with Crippen LogP contribution in [0.3, 0.4) is 0 Å². The van der Waals surface area contributed by atoms with Crippen LogP contribution in [-0.2, 0) is 4.79 Å². The molecule has 1 unspecified atom stereocenters. The lowest BCUT2D eigenvalue weighted by Crippen LogP contribution is -2.38. The van der Waals surface area contributed by atoms with Crippen molar-refractivity contribution in [1.29, 1.82) is 0 Å². The molecule has 0 aromatic carbocycles. The van der Waals surface area contributed by atoms with Gasteiger partial charge in [0.25, 0.3) is 0 Å². The van der Waals surface area contributed by atoms with E-state index in [0.29, 0.717) is 25.4 Å². The molecule has 0 aliphatic heterocycles. The van der Waals surface area contributed by atoms with E-state index in [1.165, 1.54) is 0 Å². The number of aliphatic hydroxyl groups is 1. The highest BCUT2D eigenvalue weighted by Crippen LogP contribution is 1.97. The van der Waals surface area contributed by atoms with Crippen molar-refractivity contribution in [3.63, 3.8) is 0 Å². The Morgan fingerprint density at radius 1 is 1.43 bits per heavy atom. The number of rotatable bonds is 6. The van der Waals surface area contributed by atoms with Crippen molar-refractivity contribution < 1.29 is 9.90 Å². The quantitative estimate of drug-likeness (QED) is 0.641. The van der Waals surface area contributed by atoms with Gasteiger partial charge in [-0.15, -0.1) is 0 Å². The molecule has 0 fully saturated rings. The van der Waals surface area contributed by atoms with Gasteiger partial charge in [-0.1, -0.05) is 13.8 Å². The highest BCUT2D eigenvalue weighted by Gasteiger charge is 2.08. The second-order valence-electron chi connectivity index (χ2n) is 4.32. The van der Waals surface area contributed by atoms with Crippen LogP contribution in [0.2, 0.25) is 0 Å². The number of nitrogens with one attached hydrogen (secondary N) is 1. The minimum Gasteiger partial charge on any atom is -0.390 e. The summed E-state index contributed by atoms with van der Waals surface area (Å²) in [7, 11) is 3.78. The fourth-order valence-corrected chi connectivity index (χ4v) is 1.16. The maximum atomic E-state index is 11.2. The van der Waals surface area contributed by atoms with Gasteiger partial charge in [-0.2, -0.15) is 0 Å². The molecule has 0 saturated heterocycles. The molecular formula is C10H22N2O2. The van der Waals surface area contributed by atoms with Crippen LogP contribution in [0.4, 0.5) is 0 Å². The molecule has 0 saturated carbocycles. The van der Waals surface area contributed by atoms with Crippen LogP contribution in [0.1, 0.15) is 20.3 Å². The smallest absolute Gasteiger partial charge is 0.220 e. The van der Waals surface area contributed by atoms with Crippen LogP contribution >= 0.6 is 0 Å². The van der Waals surface area contributed by atoms with E-state index in [0.717, 1.165) is 0 Å². The number of hydrogen-bond donors (Lipinski definition) is 2. The number of hydrogen-bond acceptors (Lipinski definition) is 3. The average molecular weight is 202 g/mol. The SMILES string of the molecule is CC(C)CC(=O)NCC(O)CN(C)C. The maximum Gasteiger partial charge on any atom is 0.220 e. The fraction of sp³-hybridized carbons (Fsp3) is 0.900. The van der Waals surface area contributed by atoms with Gasteiger partial charge in [-0.25, -0.2) is 0 Å². The van der Waals surface area contributed by atoms with Crippen molar-refractivity contribution in [1.82, 2.24) is 10.2 Å². The summed E-state index contributed by atoms with van der Waals surface area (Å²) in [5.74, 6) is 0.374. The number of nitrogens with zero attached hydrogens (tertiary/aromatic N) is 1. The molecule has 0 radical (unpaired) electrons. The van der Waals surface area contributed by atoms with Gasteiger partial charge in [0.2, 0.25) is 5.91 Å². The Bertz CT molecular complexity index is 170. The number of aliphatic hydroxyl groups excluding tert-OH is 1. The average Bonchev–Trinajstić information content (AvgIpc) is 1.98. The van der Waals surface area contributed by atoms with E-state index in [1.807, 2.05) is 32.8 Å². The van der Waals surface area contributed by atoms with Gasteiger partial charge in [0.15, 0.2) is 0 Å². The highest BCUT2D eigenvalue weighted by molar-refractivity contribution is 5.76. The summed E-state index contributed by atoms with van der Waals surface area (Å²) in [6.07, 6.45) is 0.0374. The van der Waals surface area contributed by atoms with Crippen molar-refractivity contribution in [2.24, 2.45) is 5.92 Å². The third-order valence-corrected chi connectivity index (χ3v) is 1.70. The first-order valence-corrected chi connectivity index (χ1v) is 5.01. The van der Waals surface area contributed by atoms with Gasteiger partial charge in [-0.3, -0.25) is 4.79 Å². The molecule has 0 aromatic rings. The Morgan fingerprint density at radius 3 is 2.43 bits per heavy atom. The predicted octanol–water partition coefficient (Wildman–Crippen LogP) is 0.0712. The number of likely N-dealkylation sites (N-methyl/N-ethyl adjacent to an activating group) is 1. The zero-order valence-corrected chi connectivity index (χ0v) is 9.58. The van der Waals surface area contributed by atoms with Crippen LogP contribution < -0.4 is 5.32 Å². The van der Waals surface area contributed by atoms with Crippen LogP contribution in [0.5, 0.6) is 0 Å². The lowest BCUT2D eigenvalue weighted by atomic mass is 10.1. The lowest BCUT2D eigenvalue weighted by molar-refractivity contribution is -0.122. The Labute approximate surface area is 86.3 Å². The monoisotopic (exact) mass is 202 g/mol. The Balaban J connectivity index is 3.56. The van der Waals surface area contributed by atoms with Gasteiger partial charge in [-0.05, 0) is 20.0 Å². The second-order valence-corrected chi connectivity index (χ2v) is 4.32. The molecule has 1 amide bonds. The van der Waals surface area contributed by atoms with E-state index in [4.69, 9.17) is 0 Å². The molecule has 0 bridgehead atoms. The minimum absolute atomic E-state index is 0.0119. The molecule has 4 heteroatoms. The number of amides is 1. The molecule has 14 heavy (non-hydrogen) atoms. The fourth-order valence-electron chi connectivity index (χ4n) is 1.16. The molecule has 2 N–H and O–H groups in total. The Kier molecular flexibility index (Phi) is 6.49. The van der Waals surface area contributed by atoms with E-state index in [-0.39, 0.29) is 5.91 Å². The molecule has 1 atom stereocenters. The van der Waals surface area contributed by atoms with Crippen molar-refractivity contribution in [3.8, 4) is 0 Å². The molecule has 0 aliphatic carbocycles. The summed E-state index contributed by atoms with van der Waals surface area (Å²) in [6, 6.07) is 0. The molecule has 0 heterocycles. The first-order chi connectivity index (χ1) is 6.41. The summed E-state index contributed by atoms with van der Waals surface area (Å²) in [5, 5.41) is 12.1. The molecule has 4 nitrogen and oxygen atoms in total. The summed E-state index contributed by atoms with van der Waals surface area (Å²) in [6.45, 7) is 4.90. The normalized spacial score (nSPS) is 13.4. The van der Waals surface area contributed by atoms with Crippen molar-refractivity contribution in [2.45, 2.75) is 26.4 Å². The van der Waals surface area contributed by atoms with E-state index in [1.54, 1.807) is 0 Å². The first kappa shape index (κ1) is 13.4. The zero-order valence-electron chi connectivity index (χ0n) is 9.58. The third-order valence-electron chi connectivity index (χ3n) is 1.70. The van der Waals surface area contributed by atoms with Gasteiger partial charge in [0, 0.05) is 19.5 Å². The van der Waals surface area contributed by atoms with Gasteiger partial charge in [0.1, 0.15) is 0 Å². The second kappa shape index (κ2) is 6.79. The molecule has 0 spiro atoms. The summed E-state index contributed by atoms with van der Waals surface area (Å²) in [4.78, 5) is 13.1. The molecule has 0 aliphatic rings. The molecule has 84 valence electrons. The molecule has 0 rings (SSSR count). The van der Waals surface area contributed by atoms with Crippen LogP contribution in [0.15, 0.2) is 0 Å².